The molecule has 8 heteroatoms. The predicted molar refractivity (Wildman–Crippen MR) is 121 cm³/mol. The summed E-state index contributed by atoms with van der Waals surface area (Å²) < 4.78 is 7.72. The van der Waals surface area contributed by atoms with Gasteiger partial charge in [-0.3, -0.25) is 4.57 Å². The number of aliphatic hydroxyl groups is 1. The summed E-state index contributed by atoms with van der Waals surface area (Å²) in [7, 11) is 0. The number of aryl methyl sites for hydroxylation is 1. The Morgan fingerprint density at radius 3 is 2.48 bits per heavy atom. The van der Waals surface area contributed by atoms with Gasteiger partial charge in [-0.05, 0) is 56.2 Å². The van der Waals surface area contributed by atoms with Gasteiger partial charge in [-0.25, -0.2) is 0 Å². The van der Waals surface area contributed by atoms with Crippen LogP contribution in [-0.4, -0.2) is 51.4 Å². The maximum Gasteiger partial charge on any atom is 0.232 e. The Bertz CT molecular complexity index is 1040. The minimum Gasteiger partial charge on any atom is -0.491 e. The van der Waals surface area contributed by atoms with Gasteiger partial charge < -0.3 is 14.7 Å². The summed E-state index contributed by atoms with van der Waals surface area (Å²) in [6.45, 7) is 4.19. The van der Waals surface area contributed by atoms with E-state index in [1.54, 1.807) is 24.3 Å². The fourth-order valence-electron chi connectivity index (χ4n) is 3.43. The molecule has 3 aromatic rings. The summed E-state index contributed by atoms with van der Waals surface area (Å²) in [5.41, 5.74) is 2.79. The summed E-state index contributed by atoms with van der Waals surface area (Å²) in [4.78, 5) is 2.27. The fourth-order valence-corrected chi connectivity index (χ4v) is 4.29. The van der Waals surface area contributed by atoms with E-state index in [2.05, 4.69) is 56.9 Å². The van der Waals surface area contributed by atoms with Crippen molar-refractivity contribution in [3.63, 3.8) is 0 Å². The summed E-state index contributed by atoms with van der Waals surface area (Å²) in [5, 5.41) is 28.9. The molecule has 160 valence electrons. The van der Waals surface area contributed by atoms with E-state index in [0.717, 1.165) is 42.7 Å². The largest absolute Gasteiger partial charge is 0.491 e. The first-order valence-electron chi connectivity index (χ1n) is 10.4. The van der Waals surface area contributed by atoms with Crippen molar-refractivity contribution in [3.05, 3.63) is 59.7 Å². The van der Waals surface area contributed by atoms with Crippen molar-refractivity contribution in [2.45, 2.75) is 31.0 Å². The first-order valence-corrected chi connectivity index (χ1v) is 11.3. The first kappa shape index (κ1) is 21.2. The molecule has 1 atom stereocenters. The topological polar surface area (TPSA) is 87.2 Å². The maximum atomic E-state index is 10.4. The number of anilines is 1. The van der Waals surface area contributed by atoms with E-state index in [9.17, 15) is 5.11 Å². The lowest BCUT2D eigenvalue weighted by Crippen LogP contribution is -2.22. The smallest absolute Gasteiger partial charge is 0.232 e. The van der Waals surface area contributed by atoms with Crippen LogP contribution >= 0.6 is 11.8 Å². The molecule has 0 bridgehead atoms. The zero-order chi connectivity index (χ0) is 21.6. The van der Waals surface area contributed by atoms with Gasteiger partial charge in [0.15, 0.2) is 5.16 Å². The molecule has 4 rings (SSSR count). The predicted octanol–water partition coefficient (Wildman–Crippen LogP) is 3.58. The molecule has 0 radical (unpaired) electrons. The Balaban J connectivity index is 1.43. The second-order valence-electron chi connectivity index (χ2n) is 7.56. The van der Waals surface area contributed by atoms with Gasteiger partial charge in [-0.2, -0.15) is 5.26 Å². The molecule has 0 spiro atoms. The molecule has 1 fully saturated rings. The zero-order valence-corrected chi connectivity index (χ0v) is 18.3. The average molecular weight is 436 g/mol. The Morgan fingerprint density at radius 1 is 1.10 bits per heavy atom. The van der Waals surface area contributed by atoms with Gasteiger partial charge in [0.05, 0.1) is 23.4 Å². The van der Waals surface area contributed by atoms with Gasteiger partial charge in [-0.1, -0.05) is 29.5 Å². The second kappa shape index (κ2) is 9.86. The van der Waals surface area contributed by atoms with Crippen LogP contribution in [0.1, 0.15) is 24.0 Å². The van der Waals surface area contributed by atoms with Crippen LogP contribution in [0, 0.1) is 18.3 Å². The monoisotopic (exact) mass is 435 g/mol. The van der Waals surface area contributed by atoms with Gasteiger partial charge in [0.25, 0.3) is 0 Å². The molecule has 7 nitrogen and oxygen atoms in total. The molecule has 2 aromatic carbocycles. The number of thioether (sulfide) groups is 1. The van der Waals surface area contributed by atoms with Crippen LogP contribution in [0.5, 0.6) is 5.75 Å². The van der Waals surface area contributed by atoms with Gasteiger partial charge in [-0.15, -0.1) is 10.2 Å². The van der Waals surface area contributed by atoms with Gasteiger partial charge in [0.2, 0.25) is 5.95 Å². The van der Waals surface area contributed by atoms with Crippen LogP contribution in [0.15, 0.2) is 53.7 Å². The van der Waals surface area contributed by atoms with Crippen LogP contribution in [-0.2, 0) is 0 Å². The molecule has 31 heavy (non-hydrogen) atoms. The van der Waals surface area contributed by atoms with Crippen LogP contribution in [0.2, 0.25) is 0 Å². The Labute approximate surface area is 186 Å². The van der Waals surface area contributed by atoms with Gasteiger partial charge in [0.1, 0.15) is 12.4 Å². The van der Waals surface area contributed by atoms with E-state index in [1.807, 2.05) is 0 Å². The molecular formula is C23H25N5O2S. The van der Waals surface area contributed by atoms with Gasteiger partial charge in [0, 0.05) is 18.8 Å². The number of nitriles is 1. The number of aromatic nitrogens is 3. The average Bonchev–Trinajstić information content (AvgIpc) is 3.47. The van der Waals surface area contributed by atoms with Crippen molar-refractivity contribution in [2.75, 3.05) is 30.3 Å². The Morgan fingerprint density at radius 2 is 1.81 bits per heavy atom. The van der Waals surface area contributed by atoms with Crippen LogP contribution < -0.4 is 9.64 Å². The van der Waals surface area contributed by atoms with E-state index in [0.29, 0.717) is 17.1 Å². The van der Waals surface area contributed by atoms with E-state index < -0.39 is 6.10 Å². The molecule has 1 aliphatic heterocycles. The van der Waals surface area contributed by atoms with E-state index in [-0.39, 0.29) is 6.61 Å². The number of nitrogens with zero attached hydrogens (tertiary/aromatic N) is 5. The van der Waals surface area contributed by atoms with Crippen molar-refractivity contribution < 1.29 is 9.84 Å². The SMILES string of the molecule is Cc1ccc(-n2c(SC[C@H](O)COc3ccc(C#N)cc3)nnc2N2CCCC2)cc1. The van der Waals surface area contributed by atoms with Crippen molar-refractivity contribution >= 4 is 17.7 Å². The molecule has 0 amide bonds. The van der Waals surface area contributed by atoms with E-state index in [1.165, 1.54) is 17.3 Å². The highest BCUT2D eigenvalue weighted by Crippen LogP contribution is 2.29. The molecule has 0 saturated carbocycles. The highest BCUT2D eigenvalue weighted by Gasteiger charge is 2.23. The van der Waals surface area contributed by atoms with Crippen LogP contribution in [0.4, 0.5) is 5.95 Å². The minimum absolute atomic E-state index is 0.163. The fraction of sp³-hybridized carbons (Fsp3) is 0.348. The lowest BCUT2D eigenvalue weighted by molar-refractivity contribution is 0.126. The third-order valence-electron chi connectivity index (χ3n) is 5.13. The number of ether oxygens (including phenoxy) is 1. The summed E-state index contributed by atoms with van der Waals surface area (Å²) >= 11 is 1.46. The highest BCUT2D eigenvalue weighted by atomic mass is 32.2. The van der Waals surface area contributed by atoms with E-state index >= 15 is 0 Å². The standard InChI is InChI=1S/C23H25N5O2S/c1-17-4-8-19(9-5-17)28-22(27-12-2-3-13-27)25-26-23(28)31-16-20(29)15-30-21-10-6-18(14-24)7-11-21/h4-11,20,29H,2-3,12-13,15-16H2,1H3/t20-/m1/s1. The molecule has 2 heterocycles. The minimum atomic E-state index is -0.668. The molecule has 1 aliphatic rings. The normalized spacial score (nSPS) is 14.4. The lowest BCUT2D eigenvalue weighted by Gasteiger charge is -2.19. The quantitative estimate of drug-likeness (QED) is 0.541. The molecule has 1 aromatic heterocycles. The zero-order valence-electron chi connectivity index (χ0n) is 17.4. The highest BCUT2D eigenvalue weighted by molar-refractivity contribution is 7.99. The third-order valence-corrected chi connectivity index (χ3v) is 6.20. The van der Waals surface area contributed by atoms with Crippen LogP contribution in [0.25, 0.3) is 5.69 Å². The Hall–Kier alpha value is -3.02. The third kappa shape index (κ3) is 5.19. The molecule has 1 N–H and O–H groups in total. The number of aliphatic hydroxyl groups excluding tert-OH is 1. The first-order chi connectivity index (χ1) is 15.1. The Kier molecular flexibility index (Phi) is 6.75. The van der Waals surface area contributed by atoms with Crippen molar-refractivity contribution in [1.29, 1.82) is 5.26 Å². The lowest BCUT2D eigenvalue weighted by atomic mass is 10.2. The second-order valence-corrected chi connectivity index (χ2v) is 8.55. The number of hydrogen-bond donors (Lipinski definition) is 1. The van der Waals surface area contributed by atoms with Crippen molar-refractivity contribution in [3.8, 4) is 17.5 Å². The number of benzene rings is 2. The summed E-state index contributed by atoms with van der Waals surface area (Å²) in [6.07, 6.45) is 1.66. The molecular weight excluding hydrogens is 410 g/mol. The molecule has 0 aliphatic carbocycles. The van der Waals surface area contributed by atoms with Crippen molar-refractivity contribution in [2.24, 2.45) is 0 Å². The number of rotatable bonds is 8. The maximum absolute atomic E-state index is 10.4. The van der Waals surface area contributed by atoms with E-state index in [4.69, 9.17) is 10.00 Å². The molecule has 1 saturated heterocycles. The summed E-state index contributed by atoms with van der Waals surface area (Å²) in [5.74, 6) is 1.91. The van der Waals surface area contributed by atoms with Crippen molar-refractivity contribution in [1.82, 2.24) is 14.8 Å². The summed E-state index contributed by atoms with van der Waals surface area (Å²) in [6, 6.07) is 17.2. The van der Waals surface area contributed by atoms with Crippen LogP contribution in [0.3, 0.4) is 0 Å². The van der Waals surface area contributed by atoms with Gasteiger partial charge >= 0.3 is 0 Å². The number of hydrogen-bond acceptors (Lipinski definition) is 7. The molecule has 0 unspecified atom stereocenters.